The molecule has 0 spiro atoms. The molecule has 0 aliphatic heterocycles. The van der Waals surface area contributed by atoms with E-state index in [1.165, 1.54) is 18.3 Å². The third-order valence-corrected chi connectivity index (χ3v) is 1.35. The highest BCUT2D eigenvalue weighted by Gasteiger charge is 2.08. The van der Waals surface area contributed by atoms with E-state index in [4.69, 9.17) is 16.2 Å². The fourth-order valence-corrected chi connectivity index (χ4v) is 0.705. The monoisotopic (exact) mass is 178 g/mol. The molecule has 0 aliphatic rings. The first-order valence-corrected chi connectivity index (χ1v) is 3.29. The predicted molar refractivity (Wildman–Crippen MR) is 43.6 cm³/mol. The quantitative estimate of drug-likeness (QED) is 0.366. The number of anilines is 1. The normalized spacial score (nSPS) is 8.92. The summed E-state index contributed by atoms with van der Waals surface area (Å²) in [6.45, 7) is 0. The summed E-state index contributed by atoms with van der Waals surface area (Å²) in [5.41, 5.74) is 0.425. The number of carbonyl (C=O) groups is 1. The van der Waals surface area contributed by atoms with Gasteiger partial charge in [-0.2, -0.15) is 5.26 Å². The zero-order valence-electron chi connectivity index (χ0n) is 6.51. The Morgan fingerprint density at radius 1 is 1.69 bits per heavy atom. The van der Waals surface area contributed by atoms with Gasteiger partial charge in [-0.3, -0.25) is 0 Å². The number of hydrogen-bond acceptors (Lipinski definition) is 4. The third kappa shape index (κ3) is 1.91. The van der Waals surface area contributed by atoms with E-state index in [1.54, 1.807) is 6.07 Å². The average molecular weight is 178 g/mol. The summed E-state index contributed by atoms with van der Waals surface area (Å²) in [6.07, 6.45) is -0.0707. The topological polar surface area (TPSA) is 103 Å². The molecule has 0 atom stereocenters. The summed E-state index contributed by atoms with van der Waals surface area (Å²) in [6, 6.07) is 4.59. The Hall–Kier alpha value is -2.13. The second-order valence-electron chi connectivity index (χ2n) is 2.17. The van der Waals surface area contributed by atoms with Crippen LogP contribution in [0.5, 0.6) is 0 Å². The molecular weight excluding hydrogens is 172 g/mol. The van der Waals surface area contributed by atoms with Crippen LogP contribution in [0.2, 0.25) is 0 Å². The Morgan fingerprint density at radius 2 is 2.38 bits per heavy atom. The number of pyridine rings is 1. The number of carboxylic acid groups (broad SMARTS) is 1. The molecule has 0 fully saturated rings. The molecule has 1 heterocycles. The minimum atomic E-state index is -1.29. The average Bonchev–Trinajstić information content (AvgIpc) is 2.17. The molecule has 0 saturated heterocycles. The van der Waals surface area contributed by atoms with Crippen LogP contribution < -0.4 is 10.9 Å². The maximum absolute atomic E-state index is 10.4. The van der Waals surface area contributed by atoms with E-state index in [0.29, 0.717) is 5.01 Å². The summed E-state index contributed by atoms with van der Waals surface area (Å²) in [5.74, 6) is 5.14. The first-order valence-electron chi connectivity index (χ1n) is 3.29. The minimum absolute atomic E-state index is 0.211. The van der Waals surface area contributed by atoms with Gasteiger partial charge in [-0.05, 0) is 12.1 Å². The lowest BCUT2D eigenvalue weighted by atomic mass is 10.3. The highest BCUT2D eigenvalue weighted by molar-refractivity contribution is 5.84. The van der Waals surface area contributed by atoms with Crippen molar-refractivity contribution >= 4 is 11.8 Å². The van der Waals surface area contributed by atoms with Gasteiger partial charge in [0.05, 0.1) is 11.9 Å². The van der Waals surface area contributed by atoms with Gasteiger partial charge in [0, 0.05) is 0 Å². The van der Waals surface area contributed by atoms with Gasteiger partial charge < -0.3 is 5.11 Å². The lowest BCUT2D eigenvalue weighted by Gasteiger charge is -2.10. The van der Waals surface area contributed by atoms with Gasteiger partial charge >= 0.3 is 6.09 Å². The fourth-order valence-electron chi connectivity index (χ4n) is 0.705. The van der Waals surface area contributed by atoms with Crippen LogP contribution in [0.3, 0.4) is 0 Å². The SMILES string of the molecule is N#Cc1ccc(N(N)C(=O)O)cn1. The Kier molecular flexibility index (Phi) is 2.42. The first kappa shape index (κ1) is 8.96. The Labute approximate surface area is 73.8 Å². The van der Waals surface area contributed by atoms with Crippen molar-refractivity contribution in [2.24, 2.45) is 5.84 Å². The Balaban J connectivity index is 2.93. The molecule has 0 unspecified atom stereocenters. The smallest absolute Gasteiger partial charge is 0.426 e. The van der Waals surface area contributed by atoms with E-state index in [-0.39, 0.29) is 11.4 Å². The van der Waals surface area contributed by atoms with E-state index < -0.39 is 6.09 Å². The molecule has 0 aliphatic carbocycles. The molecule has 0 saturated carbocycles. The second kappa shape index (κ2) is 3.51. The van der Waals surface area contributed by atoms with Crippen LogP contribution in [0, 0.1) is 11.3 Å². The zero-order valence-corrected chi connectivity index (χ0v) is 6.51. The van der Waals surface area contributed by atoms with Gasteiger partial charge in [-0.1, -0.05) is 0 Å². The second-order valence-corrected chi connectivity index (χ2v) is 2.17. The molecular formula is C7H6N4O2. The maximum Gasteiger partial charge on any atom is 0.426 e. The highest BCUT2D eigenvalue weighted by atomic mass is 16.4. The van der Waals surface area contributed by atoms with Crippen LogP contribution in [0.15, 0.2) is 18.3 Å². The van der Waals surface area contributed by atoms with Crippen LogP contribution in [-0.2, 0) is 0 Å². The van der Waals surface area contributed by atoms with E-state index in [2.05, 4.69) is 4.98 Å². The van der Waals surface area contributed by atoms with Gasteiger partial charge in [0.25, 0.3) is 0 Å². The molecule has 1 rings (SSSR count). The van der Waals surface area contributed by atoms with Crippen LogP contribution >= 0.6 is 0 Å². The van der Waals surface area contributed by atoms with Crippen molar-refractivity contribution in [2.45, 2.75) is 0 Å². The number of nitrogens with two attached hydrogens (primary N) is 1. The van der Waals surface area contributed by atoms with Crippen molar-refractivity contribution in [3.05, 3.63) is 24.0 Å². The molecule has 6 heteroatoms. The Bertz CT molecular complexity index is 354. The van der Waals surface area contributed by atoms with Crippen LogP contribution in [0.25, 0.3) is 0 Å². The highest BCUT2D eigenvalue weighted by Crippen LogP contribution is 2.08. The van der Waals surface area contributed by atoms with Crippen molar-refractivity contribution in [3.63, 3.8) is 0 Å². The lowest BCUT2D eigenvalue weighted by molar-refractivity contribution is 0.202. The summed E-state index contributed by atoms with van der Waals surface area (Å²) in [7, 11) is 0. The van der Waals surface area contributed by atoms with Crippen molar-refractivity contribution in [1.29, 1.82) is 5.26 Å². The summed E-state index contributed by atoms with van der Waals surface area (Å²) in [4.78, 5) is 14.0. The maximum atomic E-state index is 10.4. The van der Waals surface area contributed by atoms with E-state index >= 15 is 0 Å². The molecule has 1 amide bonds. The van der Waals surface area contributed by atoms with E-state index in [9.17, 15) is 4.79 Å². The lowest BCUT2D eigenvalue weighted by Crippen LogP contribution is -2.36. The van der Waals surface area contributed by atoms with Gasteiger partial charge in [-0.15, -0.1) is 0 Å². The molecule has 1 aromatic heterocycles. The van der Waals surface area contributed by atoms with Crippen molar-refractivity contribution in [2.75, 3.05) is 5.01 Å². The molecule has 0 aromatic carbocycles. The minimum Gasteiger partial charge on any atom is -0.464 e. The Morgan fingerprint density at radius 3 is 2.77 bits per heavy atom. The number of nitriles is 1. The number of rotatable bonds is 1. The fraction of sp³-hybridized carbons (Fsp3) is 0. The summed E-state index contributed by atoms with van der Waals surface area (Å²) < 4.78 is 0. The van der Waals surface area contributed by atoms with E-state index in [0.717, 1.165) is 0 Å². The van der Waals surface area contributed by atoms with Crippen LogP contribution in [-0.4, -0.2) is 16.2 Å². The van der Waals surface area contributed by atoms with E-state index in [1.807, 2.05) is 0 Å². The first-order chi connectivity index (χ1) is 6.15. The van der Waals surface area contributed by atoms with Crippen molar-refractivity contribution in [1.82, 2.24) is 4.98 Å². The molecule has 3 N–H and O–H groups in total. The number of aromatic nitrogens is 1. The van der Waals surface area contributed by atoms with Crippen LogP contribution in [0.4, 0.5) is 10.5 Å². The van der Waals surface area contributed by atoms with Crippen LogP contribution in [0.1, 0.15) is 5.69 Å². The molecule has 6 nitrogen and oxygen atoms in total. The largest absolute Gasteiger partial charge is 0.464 e. The zero-order chi connectivity index (χ0) is 9.84. The standard InChI is InChI=1S/C7H6N4O2/c8-3-5-1-2-6(4-10-5)11(9)7(12)13/h1-2,4H,9H2,(H,12,13). The number of hydrazine groups is 1. The molecule has 0 radical (unpaired) electrons. The van der Waals surface area contributed by atoms with Gasteiger partial charge in [0.15, 0.2) is 0 Å². The summed E-state index contributed by atoms with van der Waals surface area (Å²) in [5, 5.41) is 17.4. The molecule has 0 bridgehead atoms. The van der Waals surface area contributed by atoms with Crippen molar-refractivity contribution < 1.29 is 9.90 Å². The number of amides is 1. The number of nitrogens with zero attached hydrogens (tertiary/aromatic N) is 3. The van der Waals surface area contributed by atoms with Gasteiger partial charge in [-0.25, -0.2) is 20.6 Å². The molecule has 66 valence electrons. The van der Waals surface area contributed by atoms with Gasteiger partial charge in [0.2, 0.25) is 0 Å². The summed E-state index contributed by atoms with van der Waals surface area (Å²) >= 11 is 0. The molecule has 1 aromatic rings. The van der Waals surface area contributed by atoms with Gasteiger partial charge in [0.1, 0.15) is 11.8 Å². The number of hydrogen-bond donors (Lipinski definition) is 2. The third-order valence-electron chi connectivity index (χ3n) is 1.35. The molecule has 13 heavy (non-hydrogen) atoms. The van der Waals surface area contributed by atoms with Crippen molar-refractivity contribution in [3.8, 4) is 6.07 Å². The predicted octanol–water partition coefficient (Wildman–Crippen LogP) is 0.311.